The third kappa shape index (κ3) is 4.24. The van der Waals surface area contributed by atoms with E-state index in [4.69, 9.17) is 0 Å². The monoisotopic (exact) mass is 283 g/mol. The molecule has 1 heterocycles. The van der Waals surface area contributed by atoms with Crippen molar-refractivity contribution in [2.24, 2.45) is 0 Å². The van der Waals surface area contributed by atoms with Gasteiger partial charge >= 0.3 is 0 Å². The molecule has 0 aliphatic rings. The van der Waals surface area contributed by atoms with Gasteiger partial charge in [0.25, 0.3) is 0 Å². The van der Waals surface area contributed by atoms with E-state index in [2.05, 4.69) is 14.7 Å². The highest BCUT2D eigenvalue weighted by atomic mass is 32.1. The van der Waals surface area contributed by atoms with Crippen LogP contribution in [0.2, 0.25) is 0 Å². The third-order valence-electron chi connectivity index (χ3n) is 2.23. The molecule has 0 saturated carbocycles. The molecule has 0 fully saturated rings. The van der Waals surface area contributed by atoms with Gasteiger partial charge in [0.15, 0.2) is 0 Å². The molecule has 2 aromatic rings. The maximum Gasteiger partial charge on any atom is 0.202 e. The summed E-state index contributed by atoms with van der Waals surface area (Å²) in [6.07, 6.45) is 0.316. The molecule has 0 aliphatic carbocycles. The number of rotatable bonds is 3. The molecular formula is C13H15F2N3S. The van der Waals surface area contributed by atoms with Crippen LogP contribution in [0.4, 0.5) is 13.9 Å². The number of hydrogen-bond acceptors (Lipinski definition) is 4. The first-order valence-electron chi connectivity index (χ1n) is 5.87. The Morgan fingerprint density at radius 3 is 2.37 bits per heavy atom. The summed E-state index contributed by atoms with van der Waals surface area (Å²) in [4.78, 5) is 4.30. The van der Waals surface area contributed by atoms with Crippen molar-refractivity contribution in [2.45, 2.75) is 32.7 Å². The molecule has 0 amide bonds. The molecule has 6 heteroatoms. The summed E-state index contributed by atoms with van der Waals surface area (Å²) < 4.78 is 30.3. The Kier molecular flexibility index (Phi) is 3.80. The van der Waals surface area contributed by atoms with Crippen molar-refractivity contribution in [1.82, 2.24) is 9.36 Å². The molecule has 0 spiro atoms. The van der Waals surface area contributed by atoms with Gasteiger partial charge in [-0.15, -0.1) is 0 Å². The predicted octanol–water partition coefficient (Wildman–Crippen LogP) is 3.62. The van der Waals surface area contributed by atoms with E-state index in [0.717, 1.165) is 6.07 Å². The van der Waals surface area contributed by atoms with Crippen LogP contribution in [0.5, 0.6) is 0 Å². The van der Waals surface area contributed by atoms with Crippen LogP contribution in [0, 0.1) is 11.6 Å². The average Bonchev–Trinajstić information content (AvgIpc) is 2.60. The van der Waals surface area contributed by atoms with Gasteiger partial charge in [0.1, 0.15) is 17.5 Å². The number of halogens is 2. The zero-order valence-corrected chi connectivity index (χ0v) is 11.8. The van der Waals surface area contributed by atoms with Crippen LogP contribution in [0.1, 0.15) is 32.2 Å². The Labute approximate surface area is 114 Å². The molecule has 3 nitrogen and oxygen atoms in total. The Morgan fingerprint density at radius 2 is 1.79 bits per heavy atom. The summed E-state index contributed by atoms with van der Waals surface area (Å²) in [6, 6.07) is 3.44. The fourth-order valence-electron chi connectivity index (χ4n) is 1.59. The predicted molar refractivity (Wildman–Crippen MR) is 72.4 cm³/mol. The molecular weight excluding hydrogens is 268 g/mol. The van der Waals surface area contributed by atoms with Crippen LogP contribution >= 0.6 is 11.5 Å². The van der Waals surface area contributed by atoms with Crippen molar-refractivity contribution in [2.75, 3.05) is 5.32 Å². The molecule has 19 heavy (non-hydrogen) atoms. The van der Waals surface area contributed by atoms with Crippen molar-refractivity contribution in [3.05, 3.63) is 41.2 Å². The maximum atomic E-state index is 13.1. The number of benzene rings is 1. The summed E-state index contributed by atoms with van der Waals surface area (Å²) in [5.41, 5.74) is 0.430. The van der Waals surface area contributed by atoms with Gasteiger partial charge < -0.3 is 5.32 Å². The van der Waals surface area contributed by atoms with Gasteiger partial charge in [-0.1, -0.05) is 0 Å². The van der Waals surface area contributed by atoms with Gasteiger partial charge in [0.05, 0.1) is 0 Å². The van der Waals surface area contributed by atoms with Crippen molar-refractivity contribution in [3.63, 3.8) is 0 Å². The summed E-state index contributed by atoms with van der Waals surface area (Å²) in [5.74, 6) is -0.613. The molecule has 0 aliphatic heterocycles. The first kappa shape index (κ1) is 13.9. The molecule has 0 radical (unpaired) electrons. The van der Waals surface area contributed by atoms with Gasteiger partial charge in [-0.05, 0) is 38.5 Å². The van der Waals surface area contributed by atoms with Crippen LogP contribution in [-0.4, -0.2) is 14.9 Å². The highest BCUT2D eigenvalue weighted by Crippen LogP contribution is 2.19. The van der Waals surface area contributed by atoms with E-state index in [1.54, 1.807) is 0 Å². The lowest BCUT2D eigenvalue weighted by molar-refractivity contribution is 0.580. The van der Waals surface area contributed by atoms with E-state index in [1.165, 1.54) is 23.7 Å². The number of aromatic nitrogens is 2. The molecule has 0 saturated heterocycles. The summed E-state index contributed by atoms with van der Waals surface area (Å²) in [5, 5.41) is 3.91. The molecule has 0 unspecified atom stereocenters. The van der Waals surface area contributed by atoms with Gasteiger partial charge in [-0.2, -0.15) is 4.37 Å². The molecule has 1 aromatic carbocycles. The molecule has 102 valence electrons. The largest absolute Gasteiger partial charge is 0.356 e. The third-order valence-corrected chi connectivity index (χ3v) is 2.90. The highest BCUT2D eigenvalue weighted by Gasteiger charge is 2.13. The summed E-state index contributed by atoms with van der Waals surface area (Å²) in [6.45, 7) is 6.07. The van der Waals surface area contributed by atoms with Gasteiger partial charge in [-0.3, -0.25) is 0 Å². The van der Waals surface area contributed by atoms with E-state index in [-0.39, 0.29) is 5.54 Å². The maximum absolute atomic E-state index is 13.1. The van der Waals surface area contributed by atoms with E-state index >= 15 is 0 Å². The first-order chi connectivity index (χ1) is 8.82. The van der Waals surface area contributed by atoms with Gasteiger partial charge in [-0.25, -0.2) is 13.8 Å². The second kappa shape index (κ2) is 5.21. The van der Waals surface area contributed by atoms with Gasteiger partial charge in [0, 0.05) is 29.6 Å². The quantitative estimate of drug-likeness (QED) is 0.935. The minimum Gasteiger partial charge on any atom is -0.356 e. The zero-order chi connectivity index (χ0) is 14.0. The molecule has 2 rings (SSSR count). The highest BCUT2D eigenvalue weighted by molar-refractivity contribution is 7.09. The smallest absolute Gasteiger partial charge is 0.202 e. The lowest BCUT2D eigenvalue weighted by Crippen LogP contribution is -2.25. The molecule has 1 N–H and O–H groups in total. The first-order valence-corrected chi connectivity index (χ1v) is 6.65. The number of hydrogen-bond donors (Lipinski definition) is 1. The van der Waals surface area contributed by atoms with E-state index in [9.17, 15) is 8.78 Å². The topological polar surface area (TPSA) is 37.8 Å². The van der Waals surface area contributed by atoms with Crippen molar-refractivity contribution in [3.8, 4) is 0 Å². The summed E-state index contributed by atoms with van der Waals surface area (Å²) in [7, 11) is 0. The zero-order valence-electron chi connectivity index (χ0n) is 11.0. The minimum absolute atomic E-state index is 0.0955. The molecule has 0 atom stereocenters. The van der Waals surface area contributed by atoms with Crippen LogP contribution in [-0.2, 0) is 6.42 Å². The normalized spacial score (nSPS) is 11.6. The molecule has 1 aromatic heterocycles. The van der Waals surface area contributed by atoms with Crippen molar-refractivity contribution in [1.29, 1.82) is 0 Å². The van der Waals surface area contributed by atoms with E-state index in [1.807, 2.05) is 20.8 Å². The lowest BCUT2D eigenvalue weighted by Gasteiger charge is -2.18. The van der Waals surface area contributed by atoms with Crippen LogP contribution in [0.3, 0.4) is 0 Å². The Morgan fingerprint density at radius 1 is 1.16 bits per heavy atom. The van der Waals surface area contributed by atoms with E-state index in [0.29, 0.717) is 22.9 Å². The van der Waals surface area contributed by atoms with Gasteiger partial charge in [0.2, 0.25) is 5.13 Å². The fourth-order valence-corrected chi connectivity index (χ4v) is 2.39. The van der Waals surface area contributed by atoms with E-state index < -0.39 is 11.6 Å². The second-order valence-electron chi connectivity index (χ2n) is 5.35. The number of nitrogens with one attached hydrogen (secondary N) is 1. The molecule has 0 bridgehead atoms. The Bertz CT molecular complexity index is 555. The van der Waals surface area contributed by atoms with Crippen LogP contribution in [0.25, 0.3) is 0 Å². The average molecular weight is 283 g/mol. The van der Waals surface area contributed by atoms with Crippen molar-refractivity contribution < 1.29 is 8.78 Å². The van der Waals surface area contributed by atoms with Crippen molar-refractivity contribution >= 4 is 16.7 Å². The SMILES string of the molecule is CC(C)(C)Nc1nc(Cc2cc(F)cc(F)c2)ns1. The Hall–Kier alpha value is -1.56. The summed E-state index contributed by atoms with van der Waals surface area (Å²) >= 11 is 1.24. The standard InChI is InChI=1S/C13H15F2N3S/c1-13(2,3)17-12-16-11(18-19-12)6-8-4-9(14)7-10(15)5-8/h4-5,7H,6H2,1-3H3,(H,16,17,18). The second-order valence-corrected chi connectivity index (χ2v) is 6.10. The van der Waals surface area contributed by atoms with Crippen LogP contribution < -0.4 is 5.32 Å². The Balaban J connectivity index is 2.11. The minimum atomic E-state index is -0.585. The number of anilines is 1. The fraction of sp³-hybridized carbons (Fsp3) is 0.385. The lowest BCUT2D eigenvalue weighted by atomic mass is 10.1. The van der Waals surface area contributed by atoms with Crippen LogP contribution in [0.15, 0.2) is 18.2 Å². The number of nitrogens with zero attached hydrogens (tertiary/aromatic N) is 2.